The van der Waals surface area contributed by atoms with Crippen LogP contribution in [0.5, 0.6) is 0 Å². The van der Waals surface area contributed by atoms with Crippen LogP contribution in [0.25, 0.3) is 0 Å². The Labute approximate surface area is 157 Å². The lowest BCUT2D eigenvalue weighted by Gasteiger charge is -2.14. The topological polar surface area (TPSA) is 97.7 Å². The number of hydrogen-bond acceptors (Lipinski definition) is 5. The van der Waals surface area contributed by atoms with Gasteiger partial charge in [-0.15, -0.1) is 0 Å². The van der Waals surface area contributed by atoms with Crippen LogP contribution in [0.1, 0.15) is 77.2 Å². The Balaban J connectivity index is 3.38. The fraction of sp³-hybridized carbons (Fsp3) is 0.500. The first-order valence-corrected chi connectivity index (χ1v) is 8.86. The fourth-order valence-electron chi connectivity index (χ4n) is 2.49. The minimum atomic E-state index is -2.07. The first-order valence-electron chi connectivity index (χ1n) is 8.86. The first kappa shape index (κ1) is 22.5. The van der Waals surface area contributed by atoms with E-state index in [0.29, 0.717) is 12.8 Å². The predicted octanol–water partition coefficient (Wildman–Crippen LogP) is 3.86. The van der Waals surface area contributed by atoms with Gasteiger partial charge < -0.3 is 9.84 Å². The number of aromatic carboxylic acids is 1. The summed E-state index contributed by atoms with van der Waals surface area (Å²) in [6.07, 6.45) is 1.43. The smallest absolute Gasteiger partial charge is 0.379 e. The number of carboxylic acids is 1. The molecule has 27 heavy (non-hydrogen) atoms. The third-order valence-corrected chi connectivity index (χ3v) is 4.05. The van der Waals surface area contributed by atoms with Crippen LogP contribution in [0.4, 0.5) is 4.39 Å². The van der Waals surface area contributed by atoms with Gasteiger partial charge in [0.05, 0.1) is 17.7 Å². The second-order valence-corrected chi connectivity index (χ2v) is 7.18. The third-order valence-electron chi connectivity index (χ3n) is 4.05. The molecule has 0 aliphatic rings. The van der Waals surface area contributed by atoms with Crippen LogP contribution in [-0.4, -0.2) is 35.5 Å². The van der Waals surface area contributed by atoms with E-state index in [1.54, 1.807) is 0 Å². The van der Waals surface area contributed by atoms with Gasteiger partial charge in [0.1, 0.15) is 0 Å². The summed E-state index contributed by atoms with van der Waals surface area (Å²) in [5.74, 6) is -3.51. The number of carbonyl (C=O) groups is 4. The van der Waals surface area contributed by atoms with Crippen molar-refractivity contribution in [2.75, 3.05) is 6.61 Å². The summed E-state index contributed by atoms with van der Waals surface area (Å²) in [5.41, 5.74) is -1.82. The van der Waals surface area contributed by atoms with Crippen molar-refractivity contribution in [2.45, 2.75) is 47.0 Å². The molecule has 7 heteroatoms. The number of ether oxygens (including phenoxy) is 1. The SMILES string of the molecule is CC(C)CCOC(=O)C(=O)c1c(CCC(C)C)ccc(C(=O)O)c1C(=O)F. The molecule has 0 unspecified atom stereocenters. The number of benzene rings is 1. The van der Waals surface area contributed by atoms with E-state index >= 15 is 0 Å². The summed E-state index contributed by atoms with van der Waals surface area (Å²) < 4.78 is 18.6. The van der Waals surface area contributed by atoms with Crippen molar-refractivity contribution < 1.29 is 33.4 Å². The maximum absolute atomic E-state index is 13.7. The maximum atomic E-state index is 13.7. The normalized spacial score (nSPS) is 10.9. The van der Waals surface area contributed by atoms with Gasteiger partial charge in [0.2, 0.25) is 0 Å². The number of aryl methyl sites for hydroxylation is 1. The first-order chi connectivity index (χ1) is 12.6. The standard InChI is InChI=1S/C20H25FO6/c1-11(2)5-6-13-7-8-14(19(24)25)16(18(21)23)15(13)17(22)20(26)27-10-9-12(3)4/h7-8,11-12H,5-6,9-10H2,1-4H3,(H,24,25). The van der Waals surface area contributed by atoms with Gasteiger partial charge in [0.15, 0.2) is 0 Å². The monoisotopic (exact) mass is 380 g/mol. The number of hydrogen-bond donors (Lipinski definition) is 1. The summed E-state index contributed by atoms with van der Waals surface area (Å²) in [6, 6.07) is 0.343. The van der Waals surface area contributed by atoms with E-state index in [4.69, 9.17) is 4.74 Å². The molecule has 1 rings (SSSR count). The van der Waals surface area contributed by atoms with Crippen molar-refractivity contribution in [1.82, 2.24) is 0 Å². The molecule has 1 aromatic rings. The zero-order valence-corrected chi connectivity index (χ0v) is 16.0. The average Bonchev–Trinajstić information content (AvgIpc) is 2.57. The Morgan fingerprint density at radius 2 is 1.59 bits per heavy atom. The molecule has 6 nitrogen and oxygen atoms in total. The van der Waals surface area contributed by atoms with Crippen LogP contribution in [-0.2, 0) is 16.0 Å². The molecule has 0 atom stereocenters. The second-order valence-electron chi connectivity index (χ2n) is 7.18. The summed E-state index contributed by atoms with van der Waals surface area (Å²) in [4.78, 5) is 47.5. The van der Waals surface area contributed by atoms with Crippen molar-refractivity contribution in [3.63, 3.8) is 0 Å². The molecule has 0 spiro atoms. The molecule has 0 aromatic heterocycles. The number of ketones is 1. The molecule has 0 amide bonds. The van der Waals surface area contributed by atoms with Crippen molar-refractivity contribution in [1.29, 1.82) is 0 Å². The number of carbonyl (C=O) groups excluding carboxylic acids is 3. The third kappa shape index (κ3) is 6.27. The Kier molecular flexibility index (Phi) is 8.28. The fourth-order valence-corrected chi connectivity index (χ4v) is 2.49. The predicted molar refractivity (Wildman–Crippen MR) is 96.7 cm³/mol. The van der Waals surface area contributed by atoms with Gasteiger partial charge in [0, 0.05) is 5.56 Å². The maximum Gasteiger partial charge on any atom is 0.379 e. The molecule has 0 bridgehead atoms. The summed E-state index contributed by atoms with van der Waals surface area (Å²) >= 11 is 0. The Bertz CT molecular complexity index is 736. The van der Waals surface area contributed by atoms with Crippen molar-refractivity contribution >= 4 is 23.8 Å². The molecular weight excluding hydrogens is 355 g/mol. The highest BCUT2D eigenvalue weighted by molar-refractivity contribution is 6.42. The van der Waals surface area contributed by atoms with Crippen LogP contribution in [0.3, 0.4) is 0 Å². The van der Waals surface area contributed by atoms with E-state index < -0.39 is 40.4 Å². The molecule has 0 radical (unpaired) electrons. The van der Waals surface area contributed by atoms with Crippen LogP contribution in [0, 0.1) is 11.8 Å². The van der Waals surface area contributed by atoms with Crippen LogP contribution >= 0.6 is 0 Å². The van der Waals surface area contributed by atoms with E-state index in [-0.39, 0.29) is 30.4 Å². The zero-order valence-electron chi connectivity index (χ0n) is 16.0. The highest BCUT2D eigenvalue weighted by Crippen LogP contribution is 2.25. The summed E-state index contributed by atoms with van der Waals surface area (Å²) in [6.45, 7) is 7.70. The van der Waals surface area contributed by atoms with Gasteiger partial charge in [-0.25, -0.2) is 9.59 Å². The summed E-state index contributed by atoms with van der Waals surface area (Å²) in [7, 11) is 0. The van der Waals surface area contributed by atoms with Crippen LogP contribution in [0.2, 0.25) is 0 Å². The van der Waals surface area contributed by atoms with Crippen molar-refractivity contribution in [3.05, 3.63) is 34.4 Å². The van der Waals surface area contributed by atoms with E-state index in [1.165, 1.54) is 6.07 Å². The highest BCUT2D eigenvalue weighted by Gasteiger charge is 2.31. The average molecular weight is 380 g/mol. The molecule has 0 saturated carbocycles. The number of rotatable bonds is 10. The lowest BCUT2D eigenvalue weighted by atomic mass is 9.89. The van der Waals surface area contributed by atoms with E-state index in [0.717, 1.165) is 6.07 Å². The summed E-state index contributed by atoms with van der Waals surface area (Å²) in [5, 5.41) is 9.22. The number of esters is 1. The Morgan fingerprint density at radius 3 is 2.07 bits per heavy atom. The van der Waals surface area contributed by atoms with Gasteiger partial charge >= 0.3 is 18.0 Å². The molecule has 0 saturated heterocycles. The van der Waals surface area contributed by atoms with Crippen LogP contribution < -0.4 is 0 Å². The van der Waals surface area contributed by atoms with Gasteiger partial charge in [-0.3, -0.25) is 9.59 Å². The minimum Gasteiger partial charge on any atom is -0.478 e. The molecule has 0 heterocycles. The van der Waals surface area contributed by atoms with Gasteiger partial charge in [-0.2, -0.15) is 4.39 Å². The molecule has 148 valence electrons. The van der Waals surface area contributed by atoms with E-state index in [2.05, 4.69) is 0 Å². The largest absolute Gasteiger partial charge is 0.478 e. The molecule has 0 fully saturated rings. The van der Waals surface area contributed by atoms with Crippen LogP contribution in [0.15, 0.2) is 12.1 Å². The molecule has 1 aromatic carbocycles. The second kappa shape index (κ2) is 9.94. The molecule has 1 N–H and O–H groups in total. The lowest BCUT2D eigenvalue weighted by Crippen LogP contribution is -2.24. The molecule has 0 aliphatic carbocycles. The van der Waals surface area contributed by atoms with Crippen molar-refractivity contribution in [2.24, 2.45) is 11.8 Å². The molecular formula is C20H25FO6. The number of carboxylic acid groups (broad SMARTS) is 1. The number of Topliss-reactive ketones (excluding diaryl/α,β-unsaturated/α-hetero) is 1. The Hall–Kier alpha value is -2.57. The minimum absolute atomic E-state index is 0.00108. The van der Waals surface area contributed by atoms with Gasteiger partial charge in [0.25, 0.3) is 5.78 Å². The zero-order chi connectivity index (χ0) is 20.7. The Morgan fingerprint density at radius 1 is 1.00 bits per heavy atom. The number of halogens is 1. The highest BCUT2D eigenvalue weighted by atomic mass is 19.1. The molecule has 0 aliphatic heterocycles. The van der Waals surface area contributed by atoms with Crippen molar-refractivity contribution in [3.8, 4) is 0 Å². The quantitative estimate of drug-likeness (QED) is 0.286. The van der Waals surface area contributed by atoms with E-state index in [9.17, 15) is 28.7 Å². The van der Waals surface area contributed by atoms with E-state index in [1.807, 2.05) is 27.7 Å². The van der Waals surface area contributed by atoms with Gasteiger partial charge in [-0.1, -0.05) is 33.8 Å². The van der Waals surface area contributed by atoms with Gasteiger partial charge in [-0.05, 0) is 42.7 Å². The lowest BCUT2D eigenvalue weighted by molar-refractivity contribution is -0.138.